The van der Waals surface area contributed by atoms with E-state index in [0.29, 0.717) is 12.0 Å². The first-order valence-electron chi connectivity index (χ1n) is 8.31. The fraction of sp³-hybridized carbons (Fsp3) is 0.938. The van der Waals surface area contributed by atoms with Crippen molar-refractivity contribution in [1.29, 1.82) is 0 Å². The second kappa shape index (κ2) is 6.97. The van der Waals surface area contributed by atoms with E-state index in [2.05, 4.69) is 24.5 Å². The molecule has 0 heterocycles. The van der Waals surface area contributed by atoms with Crippen LogP contribution in [0.3, 0.4) is 0 Å². The summed E-state index contributed by atoms with van der Waals surface area (Å²) in [6.45, 7) is 6.93. The van der Waals surface area contributed by atoms with Crippen LogP contribution in [-0.2, 0) is 4.74 Å². The molecule has 3 unspecified atom stereocenters. The molecule has 3 atom stereocenters. The summed E-state index contributed by atoms with van der Waals surface area (Å²) in [5.74, 6) is 0.450. The van der Waals surface area contributed by atoms with Gasteiger partial charge in [0, 0.05) is 18.1 Å². The Labute approximate surface area is 127 Å². The molecule has 0 aromatic heterocycles. The molecule has 5 nitrogen and oxygen atoms in total. The number of ether oxygens (including phenoxy) is 1. The summed E-state index contributed by atoms with van der Waals surface area (Å²) in [6, 6.07) is -0.0905. The second-order valence-corrected chi connectivity index (χ2v) is 6.95. The van der Waals surface area contributed by atoms with Crippen LogP contribution in [0, 0.1) is 11.3 Å². The highest BCUT2D eigenvalue weighted by Crippen LogP contribution is 2.57. The molecular formula is C16H30N2O3. The fourth-order valence-electron chi connectivity index (χ4n) is 3.77. The van der Waals surface area contributed by atoms with Gasteiger partial charge in [-0.25, -0.2) is 4.79 Å². The highest BCUT2D eigenvalue weighted by atomic mass is 16.5. The van der Waals surface area contributed by atoms with Gasteiger partial charge in [0.05, 0.1) is 18.8 Å². The smallest absolute Gasteiger partial charge is 0.315 e. The number of amides is 2. The predicted octanol–water partition coefficient (Wildman–Crippen LogP) is 2.04. The number of hydrogen-bond donors (Lipinski definition) is 3. The Hall–Kier alpha value is -0.810. The second-order valence-electron chi connectivity index (χ2n) is 6.95. The van der Waals surface area contributed by atoms with Gasteiger partial charge in [0.1, 0.15) is 0 Å². The van der Waals surface area contributed by atoms with Crippen LogP contribution in [0.5, 0.6) is 0 Å². The van der Waals surface area contributed by atoms with E-state index < -0.39 is 0 Å². The van der Waals surface area contributed by atoms with E-state index >= 15 is 0 Å². The van der Waals surface area contributed by atoms with Gasteiger partial charge in [-0.2, -0.15) is 0 Å². The maximum atomic E-state index is 12.1. The van der Waals surface area contributed by atoms with Gasteiger partial charge in [0.15, 0.2) is 0 Å². The molecule has 5 heteroatoms. The molecule has 2 aliphatic rings. The van der Waals surface area contributed by atoms with Gasteiger partial charge in [-0.1, -0.05) is 20.3 Å². The maximum Gasteiger partial charge on any atom is 0.315 e. The molecule has 0 saturated heterocycles. The summed E-state index contributed by atoms with van der Waals surface area (Å²) in [5, 5.41) is 15.3. The van der Waals surface area contributed by atoms with Crippen molar-refractivity contribution in [3.8, 4) is 0 Å². The van der Waals surface area contributed by atoms with Crippen molar-refractivity contribution in [2.24, 2.45) is 11.3 Å². The molecule has 0 bridgehead atoms. The quantitative estimate of drug-likeness (QED) is 0.673. The van der Waals surface area contributed by atoms with Crippen LogP contribution in [0.2, 0.25) is 0 Å². The maximum absolute atomic E-state index is 12.1. The van der Waals surface area contributed by atoms with Gasteiger partial charge in [0.25, 0.3) is 0 Å². The molecule has 0 aromatic rings. The van der Waals surface area contributed by atoms with Crippen molar-refractivity contribution in [2.45, 2.75) is 71.1 Å². The molecule has 0 radical (unpaired) electrons. The molecule has 0 aliphatic heterocycles. The van der Waals surface area contributed by atoms with Gasteiger partial charge in [-0.15, -0.1) is 0 Å². The largest absolute Gasteiger partial charge is 0.394 e. The van der Waals surface area contributed by atoms with Gasteiger partial charge >= 0.3 is 6.03 Å². The van der Waals surface area contributed by atoms with Crippen molar-refractivity contribution >= 4 is 6.03 Å². The SMILES string of the molecule is CCOC1CC(NC(=O)NC(CO)CC(C)C)C12CCC2. The van der Waals surface area contributed by atoms with E-state index in [4.69, 9.17) is 4.74 Å². The van der Waals surface area contributed by atoms with Crippen molar-refractivity contribution < 1.29 is 14.6 Å². The number of aliphatic hydroxyl groups excluding tert-OH is 1. The van der Waals surface area contributed by atoms with E-state index in [1.165, 1.54) is 6.42 Å². The minimum Gasteiger partial charge on any atom is -0.394 e. The average Bonchev–Trinajstić information content (AvgIpc) is 2.34. The first-order valence-corrected chi connectivity index (χ1v) is 8.31. The summed E-state index contributed by atoms with van der Waals surface area (Å²) < 4.78 is 5.79. The minimum atomic E-state index is -0.162. The van der Waals surface area contributed by atoms with Gasteiger partial charge < -0.3 is 20.5 Å². The number of hydrogen-bond acceptors (Lipinski definition) is 3. The number of aliphatic hydroxyl groups is 1. The van der Waals surface area contributed by atoms with Crippen LogP contribution in [0.1, 0.15) is 52.9 Å². The van der Waals surface area contributed by atoms with Gasteiger partial charge in [-0.3, -0.25) is 0 Å². The first kappa shape index (κ1) is 16.6. The molecule has 1 spiro atoms. The molecule has 2 saturated carbocycles. The monoisotopic (exact) mass is 298 g/mol. The topological polar surface area (TPSA) is 70.6 Å². The number of rotatable bonds is 7. The highest BCUT2D eigenvalue weighted by Gasteiger charge is 2.59. The minimum absolute atomic E-state index is 0.0109. The first-order chi connectivity index (χ1) is 10.0. The Bertz CT molecular complexity index is 355. The zero-order chi connectivity index (χ0) is 15.5. The van der Waals surface area contributed by atoms with Crippen molar-refractivity contribution in [3.05, 3.63) is 0 Å². The third-order valence-corrected chi connectivity index (χ3v) is 5.05. The molecule has 2 rings (SSSR count). The van der Waals surface area contributed by atoms with E-state index in [0.717, 1.165) is 32.3 Å². The van der Waals surface area contributed by atoms with Crippen LogP contribution in [-0.4, -0.2) is 42.5 Å². The van der Waals surface area contributed by atoms with Crippen molar-refractivity contribution in [1.82, 2.24) is 10.6 Å². The lowest BCUT2D eigenvalue weighted by molar-refractivity contribution is -0.169. The van der Waals surface area contributed by atoms with Crippen LogP contribution < -0.4 is 10.6 Å². The number of nitrogens with one attached hydrogen (secondary N) is 2. The zero-order valence-electron chi connectivity index (χ0n) is 13.5. The fourth-order valence-corrected chi connectivity index (χ4v) is 3.77. The summed E-state index contributed by atoms with van der Waals surface area (Å²) >= 11 is 0. The van der Waals surface area contributed by atoms with E-state index in [9.17, 15) is 9.90 Å². The normalized spacial score (nSPS) is 27.9. The highest BCUT2D eigenvalue weighted by molar-refractivity contribution is 5.75. The Morgan fingerprint density at radius 3 is 2.62 bits per heavy atom. The molecule has 21 heavy (non-hydrogen) atoms. The third kappa shape index (κ3) is 3.51. The molecule has 2 amide bonds. The number of urea groups is 1. The zero-order valence-corrected chi connectivity index (χ0v) is 13.5. The standard InChI is InChI=1S/C16H30N2O3/c1-4-21-14-9-13(16(14)6-5-7-16)18-15(20)17-12(10-19)8-11(2)3/h11-14,19H,4-10H2,1-3H3,(H2,17,18,20). The molecular weight excluding hydrogens is 268 g/mol. The van der Waals surface area contributed by atoms with E-state index in [1.54, 1.807) is 0 Å². The molecule has 122 valence electrons. The summed E-state index contributed by atoms with van der Waals surface area (Å²) in [7, 11) is 0. The van der Waals surface area contributed by atoms with Crippen LogP contribution in [0.15, 0.2) is 0 Å². The molecule has 2 aliphatic carbocycles. The Morgan fingerprint density at radius 2 is 2.14 bits per heavy atom. The predicted molar refractivity (Wildman–Crippen MR) is 82.1 cm³/mol. The Balaban J connectivity index is 1.80. The summed E-state index contributed by atoms with van der Waals surface area (Å²) in [6.07, 6.45) is 5.55. The van der Waals surface area contributed by atoms with Gasteiger partial charge in [-0.05, 0) is 38.5 Å². The number of carbonyl (C=O) groups is 1. The lowest BCUT2D eigenvalue weighted by atomic mass is 9.51. The van der Waals surface area contributed by atoms with Gasteiger partial charge in [0.2, 0.25) is 0 Å². The molecule has 3 N–H and O–H groups in total. The van der Waals surface area contributed by atoms with Crippen molar-refractivity contribution in [2.75, 3.05) is 13.2 Å². The van der Waals surface area contributed by atoms with Crippen LogP contribution in [0.4, 0.5) is 4.79 Å². The molecule has 0 aromatic carbocycles. The Kier molecular flexibility index (Phi) is 5.49. The number of carbonyl (C=O) groups excluding carboxylic acids is 1. The summed E-state index contributed by atoms with van der Waals surface area (Å²) in [4.78, 5) is 12.1. The van der Waals surface area contributed by atoms with E-state index in [1.807, 2.05) is 6.92 Å². The lowest BCUT2D eigenvalue weighted by Crippen LogP contribution is -2.68. The van der Waals surface area contributed by atoms with Crippen LogP contribution in [0.25, 0.3) is 0 Å². The molecule has 2 fully saturated rings. The Morgan fingerprint density at radius 1 is 1.43 bits per heavy atom. The third-order valence-electron chi connectivity index (χ3n) is 5.05. The average molecular weight is 298 g/mol. The van der Waals surface area contributed by atoms with E-state index in [-0.39, 0.29) is 30.1 Å². The van der Waals surface area contributed by atoms with Crippen LogP contribution >= 0.6 is 0 Å². The van der Waals surface area contributed by atoms with Crippen molar-refractivity contribution in [3.63, 3.8) is 0 Å². The summed E-state index contributed by atoms with van der Waals surface area (Å²) in [5.41, 5.74) is 0.181. The lowest BCUT2D eigenvalue weighted by Gasteiger charge is -2.60.